The van der Waals surface area contributed by atoms with Gasteiger partial charge in [-0.05, 0) is 69.0 Å². The Bertz CT molecular complexity index is 1420. The molecule has 218 valence electrons. The Labute approximate surface area is 252 Å². The molecule has 1 aliphatic carbocycles. The number of nitrogens with one attached hydrogen (secondary N) is 1. The highest BCUT2D eigenvalue weighted by Crippen LogP contribution is 2.27. The van der Waals surface area contributed by atoms with E-state index in [1.54, 1.807) is 55.5 Å². The van der Waals surface area contributed by atoms with Crippen LogP contribution in [0.5, 0.6) is 0 Å². The van der Waals surface area contributed by atoms with Crippen molar-refractivity contribution in [1.82, 2.24) is 10.2 Å². The summed E-state index contributed by atoms with van der Waals surface area (Å²) >= 11 is 3.43. The molecule has 0 aliphatic heterocycles. The number of hydrogen-bond acceptors (Lipinski definition) is 4. The zero-order valence-electron chi connectivity index (χ0n) is 23.6. The molecular formula is C32H38BrN3O4S. The fourth-order valence-corrected chi connectivity index (χ4v) is 6.93. The second-order valence-electron chi connectivity index (χ2n) is 10.6. The first-order chi connectivity index (χ1) is 19.6. The zero-order chi connectivity index (χ0) is 29.4. The van der Waals surface area contributed by atoms with Crippen molar-refractivity contribution in [2.24, 2.45) is 0 Å². The second-order valence-corrected chi connectivity index (χ2v) is 13.4. The lowest BCUT2D eigenvalue weighted by molar-refractivity contribution is -0.139. The average molecular weight is 641 g/mol. The van der Waals surface area contributed by atoms with Gasteiger partial charge in [0.05, 0.1) is 10.6 Å². The maximum atomic E-state index is 14.0. The number of anilines is 1. The molecule has 2 amide bonds. The van der Waals surface area contributed by atoms with Gasteiger partial charge in [-0.3, -0.25) is 13.9 Å². The standard InChI is InChI=1S/C32H38BrN3O4S/c1-24-16-18-30(19-17-24)41(39,40)36(29-15-9-12-27(33)22-29)23-31(37)35(21-20-26-10-5-3-6-11-26)25(2)32(38)34-28-13-7-4-8-14-28/h3,5-6,9-12,15-19,22,25,28H,4,7-8,13-14,20-21,23H2,1-2H3,(H,34,38)/t25-/m0/s1. The number of amides is 2. The van der Waals surface area contributed by atoms with Crippen molar-refractivity contribution < 1.29 is 18.0 Å². The lowest BCUT2D eigenvalue weighted by atomic mass is 9.95. The molecule has 0 heterocycles. The smallest absolute Gasteiger partial charge is 0.264 e. The fraction of sp³-hybridized carbons (Fsp3) is 0.375. The molecule has 1 atom stereocenters. The van der Waals surface area contributed by atoms with Gasteiger partial charge in [-0.2, -0.15) is 0 Å². The van der Waals surface area contributed by atoms with Crippen LogP contribution in [0.4, 0.5) is 5.69 Å². The Morgan fingerprint density at radius 1 is 0.951 bits per heavy atom. The summed E-state index contributed by atoms with van der Waals surface area (Å²) in [7, 11) is -4.09. The first-order valence-electron chi connectivity index (χ1n) is 14.1. The van der Waals surface area contributed by atoms with Crippen LogP contribution >= 0.6 is 15.9 Å². The molecule has 1 saturated carbocycles. The predicted octanol–water partition coefficient (Wildman–Crippen LogP) is 5.86. The third kappa shape index (κ3) is 8.20. The van der Waals surface area contributed by atoms with Crippen LogP contribution in [0, 0.1) is 6.92 Å². The van der Waals surface area contributed by atoms with Crippen molar-refractivity contribution >= 4 is 43.5 Å². The number of sulfonamides is 1. The van der Waals surface area contributed by atoms with E-state index in [0.29, 0.717) is 16.6 Å². The van der Waals surface area contributed by atoms with Gasteiger partial charge in [0, 0.05) is 17.1 Å². The van der Waals surface area contributed by atoms with Crippen LogP contribution in [-0.2, 0) is 26.0 Å². The highest BCUT2D eigenvalue weighted by atomic mass is 79.9. The van der Waals surface area contributed by atoms with Crippen molar-refractivity contribution in [3.8, 4) is 0 Å². The van der Waals surface area contributed by atoms with Crippen LogP contribution in [0.25, 0.3) is 0 Å². The molecule has 41 heavy (non-hydrogen) atoms. The summed E-state index contributed by atoms with van der Waals surface area (Å²) in [6, 6.07) is 22.5. The van der Waals surface area contributed by atoms with E-state index < -0.39 is 28.5 Å². The molecule has 3 aromatic carbocycles. The number of halogens is 1. The number of carbonyl (C=O) groups excluding carboxylic acids is 2. The number of hydrogen-bond donors (Lipinski definition) is 1. The summed E-state index contributed by atoms with van der Waals surface area (Å²) in [6.45, 7) is 3.44. The van der Waals surface area contributed by atoms with Crippen LogP contribution in [0.3, 0.4) is 0 Å². The van der Waals surface area contributed by atoms with Gasteiger partial charge < -0.3 is 10.2 Å². The molecule has 1 N–H and O–H groups in total. The molecule has 0 aromatic heterocycles. The van der Waals surface area contributed by atoms with Gasteiger partial charge in [-0.15, -0.1) is 0 Å². The lowest BCUT2D eigenvalue weighted by Crippen LogP contribution is -2.53. The van der Waals surface area contributed by atoms with Crippen LogP contribution in [0.1, 0.15) is 50.2 Å². The maximum absolute atomic E-state index is 14.0. The molecule has 3 aromatic rings. The topological polar surface area (TPSA) is 86.8 Å². The highest BCUT2D eigenvalue weighted by molar-refractivity contribution is 9.10. The molecular weight excluding hydrogens is 602 g/mol. The highest BCUT2D eigenvalue weighted by Gasteiger charge is 2.33. The second kappa shape index (κ2) is 14.1. The SMILES string of the molecule is Cc1ccc(S(=O)(=O)N(CC(=O)N(CCc2ccccc2)[C@@H](C)C(=O)NC2CCCCC2)c2cccc(Br)c2)cc1. The monoisotopic (exact) mass is 639 g/mol. The maximum Gasteiger partial charge on any atom is 0.264 e. The molecule has 0 radical (unpaired) electrons. The minimum atomic E-state index is -4.09. The molecule has 0 spiro atoms. The van der Waals surface area contributed by atoms with Crippen LogP contribution < -0.4 is 9.62 Å². The Kier molecular flexibility index (Phi) is 10.6. The molecule has 1 fully saturated rings. The quantitative estimate of drug-likeness (QED) is 0.285. The number of carbonyl (C=O) groups is 2. The minimum absolute atomic E-state index is 0.0924. The normalized spacial score (nSPS) is 14.7. The van der Waals surface area contributed by atoms with Crippen LogP contribution in [-0.4, -0.2) is 50.3 Å². The molecule has 0 bridgehead atoms. The summed E-state index contributed by atoms with van der Waals surface area (Å²) in [6.07, 6.45) is 5.73. The van der Waals surface area contributed by atoms with Crippen LogP contribution in [0.15, 0.2) is 88.2 Å². The first-order valence-corrected chi connectivity index (χ1v) is 16.4. The van der Waals surface area contributed by atoms with E-state index in [9.17, 15) is 18.0 Å². The van der Waals surface area contributed by atoms with Crippen LogP contribution in [0.2, 0.25) is 0 Å². The number of rotatable bonds is 11. The molecule has 7 nitrogen and oxygen atoms in total. The first kappa shape index (κ1) is 30.8. The van der Waals surface area contributed by atoms with Gasteiger partial charge in [-0.1, -0.05) is 89.3 Å². The summed E-state index contributed by atoms with van der Waals surface area (Å²) < 4.78 is 29.7. The summed E-state index contributed by atoms with van der Waals surface area (Å²) in [5.74, 6) is -0.656. The average Bonchev–Trinajstić information content (AvgIpc) is 2.97. The number of aryl methyl sites for hydroxylation is 1. The van der Waals surface area contributed by atoms with E-state index in [4.69, 9.17) is 0 Å². The molecule has 4 rings (SSSR count). The van der Waals surface area contributed by atoms with Gasteiger partial charge in [-0.25, -0.2) is 8.42 Å². The largest absolute Gasteiger partial charge is 0.352 e. The van der Waals surface area contributed by atoms with Gasteiger partial charge >= 0.3 is 0 Å². The van der Waals surface area contributed by atoms with E-state index in [0.717, 1.165) is 41.1 Å². The minimum Gasteiger partial charge on any atom is -0.352 e. The fourth-order valence-electron chi connectivity index (χ4n) is 5.14. The Hall–Kier alpha value is -3.17. The van der Waals surface area contributed by atoms with Gasteiger partial charge in [0.15, 0.2) is 0 Å². The Morgan fingerprint density at radius 3 is 2.29 bits per heavy atom. The molecule has 0 unspecified atom stereocenters. The van der Waals surface area contributed by atoms with Gasteiger partial charge in [0.25, 0.3) is 10.0 Å². The molecule has 0 saturated heterocycles. The van der Waals surface area contributed by atoms with E-state index in [-0.39, 0.29) is 23.4 Å². The van der Waals surface area contributed by atoms with Crippen molar-refractivity contribution in [2.45, 2.75) is 69.4 Å². The van der Waals surface area contributed by atoms with Crippen molar-refractivity contribution in [3.05, 3.63) is 94.5 Å². The van der Waals surface area contributed by atoms with E-state index in [2.05, 4.69) is 21.2 Å². The third-order valence-electron chi connectivity index (χ3n) is 7.59. The third-order valence-corrected chi connectivity index (χ3v) is 9.87. The van der Waals surface area contributed by atoms with Crippen molar-refractivity contribution in [2.75, 3.05) is 17.4 Å². The Morgan fingerprint density at radius 2 is 1.63 bits per heavy atom. The Balaban J connectivity index is 1.63. The number of benzene rings is 3. The zero-order valence-corrected chi connectivity index (χ0v) is 26.0. The molecule has 1 aliphatic rings. The van der Waals surface area contributed by atoms with Gasteiger partial charge in [0.2, 0.25) is 11.8 Å². The lowest BCUT2D eigenvalue weighted by Gasteiger charge is -2.33. The van der Waals surface area contributed by atoms with E-state index >= 15 is 0 Å². The predicted molar refractivity (Wildman–Crippen MR) is 166 cm³/mol. The van der Waals surface area contributed by atoms with Gasteiger partial charge in [0.1, 0.15) is 12.6 Å². The summed E-state index contributed by atoms with van der Waals surface area (Å²) in [4.78, 5) is 29.0. The van der Waals surface area contributed by atoms with Crippen molar-refractivity contribution in [3.63, 3.8) is 0 Å². The van der Waals surface area contributed by atoms with E-state index in [1.165, 1.54) is 11.3 Å². The van der Waals surface area contributed by atoms with Crippen molar-refractivity contribution in [1.29, 1.82) is 0 Å². The molecule has 9 heteroatoms. The summed E-state index contributed by atoms with van der Waals surface area (Å²) in [5, 5.41) is 3.14. The number of nitrogens with zero attached hydrogens (tertiary/aromatic N) is 2. The summed E-state index contributed by atoms with van der Waals surface area (Å²) in [5.41, 5.74) is 2.32. The van der Waals surface area contributed by atoms with E-state index in [1.807, 2.05) is 37.3 Å².